The van der Waals surface area contributed by atoms with Crippen molar-refractivity contribution >= 4 is 23.2 Å². The van der Waals surface area contributed by atoms with Crippen LogP contribution in [0.4, 0.5) is 28.9 Å². The van der Waals surface area contributed by atoms with E-state index in [0.29, 0.717) is 6.07 Å². The largest absolute Gasteiger partial charge is 0.418 e. The number of allylic oxidation sites excluding steroid dienone is 2. The molecule has 0 aliphatic heterocycles. The van der Waals surface area contributed by atoms with Crippen LogP contribution in [-0.2, 0) is 11.0 Å². The normalized spacial score (nSPS) is 15.9. The molecule has 1 aliphatic carbocycles. The van der Waals surface area contributed by atoms with Crippen molar-refractivity contribution in [3.8, 4) is 0 Å². The first-order valence-corrected chi connectivity index (χ1v) is 8.97. The molecule has 1 aliphatic rings. The third kappa shape index (κ3) is 5.22. The van der Waals surface area contributed by atoms with E-state index >= 15 is 0 Å². The topological polar surface area (TPSA) is 58.2 Å². The van der Waals surface area contributed by atoms with E-state index in [1.165, 1.54) is 24.3 Å². The summed E-state index contributed by atoms with van der Waals surface area (Å²) < 4.78 is 54.1. The van der Waals surface area contributed by atoms with Gasteiger partial charge in [-0.3, -0.25) is 9.59 Å². The summed E-state index contributed by atoms with van der Waals surface area (Å²) in [6.45, 7) is 0. The molecule has 2 aromatic carbocycles. The number of carbonyl (C=O) groups is 2. The highest BCUT2D eigenvalue weighted by Crippen LogP contribution is 2.37. The lowest BCUT2D eigenvalue weighted by Crippen LogP contribution is -2.19. The van der Waals surface area contributed by atoms with Crippen LogP contribution in [0.1, 0.15) is 35.2 Å². The van der Waals surface area contributed by atoms with Gasteiger partial charge >= 0.3 is 6.18 Å². The smallest absolute Gasteiger partial charge is 0.325 e. The Morgan fingerprint density at radius 3 is 2.48 bits per heavy atom. The Hall–Kier alpha value is -3.16. The van der Waals surface area contributed by atoms with Crippen molar-refractivity contribution in [1.29, 1.82) is 0 Å². The third-order valence-electron chi connectivity index (χ3n) is 4.54. The molecule has 0 aromatic heterocycles. The second-order valence-electron chi connectivity index (χ2n) is 6.71. The maximum Gasteiger partial charge on any atom is 0.418 e. The van der Waals surface area contributed by atoms with E-state index in [9.17, 15) is 27.2 Å². The summed E-state index contributed by atoms with van der Waals surface area (Å²) in [6, 6.07) is 8.14. The molecule has 0 fully saturated rings. The third-order valence-corrected chi connectivity index (χ3v) is 4.54. The molecule has 4 nitrogen and oxygen atoms in total. The molecule has 29 heavy (non-hydrogen) atoms. The Balaban J connectivity index is 1.78. The summed E-state index contributed by atoms with van der Waals surface area (Å²) in [5.74, 6) is -2.16. The number of carbonyl (C=O) groups excluding carboxylic acids is 2. The highest BCUT2D eigenvalue weighted by molar-refractivity contribution is 6.04. The molecular formula is C21H18F4N2O2. The number of halogens is 4. The van der Waals surface area contributed by atoms with Crippen LogP contribution in [0.5, 0.6) is 0 Å². The minimum atomic E-state index is -4.76. The molecule has 1 unspecified atom stereocenters. The molecule has 152 valence electrons. The van der Waals surface area contributed by atoms with Crippen molar-refractivity contribution < 1.29 is 27.2 Å². The van der Waals surface area contributed by atoms with E-state index in [1.54, 1.807) is 0 Å². The second kappa shape index (κ2) is 8.46. The van der Waals surface area contributed by atoms with Crippen molar-refractivity contribution in [3.05, 3.63) is 71.6 Å². The number of rotatable bonds is 5. The van der Waals surface area contributed by atoms with Gasteiger partial charge in [0.15, 0.2) is 0 Å². The molecule has 0 radical (unpaired) electrons. The molecule has 1 atom stereocenters. The number of benzene rings is 2. The summed E-state index contributed by atoms with van der Waals surface area (Å²) in [5, 5.41) is 4.55. The van der Waals surface area contributed by atoms with Gasteiger partial charge < -0.3 is 10.6 Å². The lowest BCUT2D eigenvalue weighted by molar-refractivity contribution is -0.136. The standard InChI is InChI=1S/C21H18F4N2O2/c22-17-8-4-3-7-15(17)20(29)26-14-9-10-18(16(12-14)21(23,24)25)27-19(28)11-13-5-1-2-6-13/h1,3-5,7-10,12-13H,2,6,11H2,(H,26,29)(H,27,28). The maximum atomic E-state index is 13.7. The van der Waals surface area contributed by atoms with Crippen LogP contribution in [0.15, 0.2) is 54.6 Å². The summed E-state index contributed by atoms with van der Waals surface area (Å²) in [7, 11) is 0. The van der Waals surface area contributed by atoms with Crippen LogP contribution in [0, 0.1) is 11.7 Å². The van der Waals surface area contributed by atoms with E-state index in [-0.39, 0.29) is 23.6 Å². The number of alkyl halides is 3. The fourth-order valence-electron chi connectivity index (χ4n) is 3.11. The van der Waals surface area contributed by atoms with E-state index < -0.39 is 35.1 Å². The summed E-state index contributed by atoms with van der Waals surface area (Å²) >= 11 is 0. The zero-order valence-electron chi connectivity index (χ0n) is 15.2. The van der Waals surface area contributed by atoms with E-state index in [1.807, 2.05) is 12.2 Å². The molecule has 0 spiro atoms. The minimum absolute atomic E-state index is 0.0173. The van der Waals surface area contributed by atoms with Gasteiger partial charge in [-0.2, -0.15) is 13.2 Å². The maximum absolute atomic E-state index is 13.7. The van der Waals surface area contributed by atoms with Gasteiger partial charge in [0.2, 0.25) is 5.91 Å². The van der Waals surface area contributed by atoms with Gasteiger partial charge in [0.05, 0.1) is 16.8 Å². The lowest BCUT2D eigenvalue weighted by atomic mass is 10.0. The van der Waals surface area contributed by atoms with E-state index in [0.717, 1.165) is 25.0 Å². The fraction of sp³-hybridized carbons (Fsp3) is 0.238. The van der Waals surface area contributed by atoms with E-state index in [2.05, 4.69) is 10.6 Å². The van der Waals surface area contributed by atoms with Crippen LogP contribution in [0.3, 0.4) is 0 Å². The van der Waals surface area contributed by atoms with Crippen molar-refractivity contribution in [2.24, 2.45) is 5.92 Å². The lowest BCUT2D eigenvalue weighted by Gasteiger charge is -2.16. The number of hydrogen-bond acceptors (Lipinski definition) is 2. The summed E-state index contributed by atoms with van der Waals surface area (Å²) in [4.78, 5) is 24.3. The summed E-state index contributed by atoms with van der Waals surface area (Å²) in [5.41, 5.74) is -1.95. The fourth-order valence-corrected chi connectivity index (χ4v) is 3.11. The zero-order chi connectivity index (χ0) is 21.0. The second-order valence-corrected chi connectivity index (χ2v) is 6.71. The Morgan fingerprint density at radius 1 is 1.07 bits per heavy atom. The average molecular weight is 406 g/mol. The van der Waals surface area contributed by atoms with Gasteiger partial charge in [0.1, 0.15) is 5.82 Å². The predicted octanol–water partition coefficient (Wildman–Crippen LogP) is 5.39. The van der Waals surface area contributed by atoms with E-state index in [4.69, 9.17) is 0 Å². The molecule has 8 heteroatoms. The van der Waals surface area contributed by atoms with Crippen LogP contribution in [-0.4, -0.2) is 11.8 Å². The van der Waals surface area contributed by atoms with Gasteiger partial charge in [-0.25, -0.2) is 4.39 Å². The Bertz CT molecular complexity index is 954. The number of amides is 2. The molecule has 0 saturated heterocycles. The number of nitrogens with one attached hydrogen (secondary N) is 2. The Labute approximate surface area is 164 Å². The van der Waals surface area contributed by atoms with Crippen molar-refractivity contribution in [1.82, 2.24) is 0 Å². The molecular weight excluding hydrogens is 388 g/mol. The van der Waals surface area contributed by atoms with Crippen molar-refractivity contribution in [2.75, 3.05) is 10.6 Å². The molecule has 3 rings (SSSR count). The van der Waals surface area contributed by atoms with Crippen molar-refractivity contribution in [2.45, 2.75) is 25.4 Å². The first-order valence-electron chi connectivity index (χ1n) is 8.97. The highest BCUT2D eigenvalue weighted by atomic mass is 19.4. The van der Waals surface area contributed by atoms with Gasteiger partial charge in [-0.15, -0.1) is 0 Å². The number of hydrogen-bond donors (Lipinski definition) is 2. The summed E-state index contributed by atoms with van der Waals surface area (Å²) in [6.07, 6.45) is 0.800. The van der Waals surface area contributed by atoms with Gasteiger partial charge in [0.25, 0.3) is 5.91 Å². The number of anilines is 2. The SMILES string of the molecule is O=C(CC1C=CCC1)Nc1ccc(NC(=O)c2ccccc2F)cc1C(F)(F)F. The molecule has 2 N–H and O–H groups in total. The van der Waals surface area contributed by atoms with Gasteiger partial charge in [-0.1, -0.05) is 24.3 Å². The van der Waals surface area contributed by atoms with Crippen LogP contribution in [0.25, 0.3) is 0 Å². The zero-order valence-corrected chi connectivity index (χ0v) is 15.2. The van der Waals surface area contributed by atoms with Gasteiger partial charge in [-0.05, 0) is 49.1 Å². The first-order chi connectivity index (χ1) is 13.7. The van der Waals surface area contributed by atoms with Crippen molar-refractivity contribution in [3.63, 3.8) is 0 Å². The van der Waals surface area contributed by atoms with Crippen LogP contribution in [0.2, 0.25) is 0 Å². The van der Waals surface area contributed by atoms with Crippen LogP contribution >= 0.6 is 0 Å². The van der Waals surface area contributed by atoms with Crippen LogP contribution < -0.4 is 10.6 Å². The highest BCUT2D eigenvalue weighted by Gasteiger charge is 2.34. The Morgan fingerprint density at radius 2 is 1.83 bits per heavy atom. The molecule has 0 heterocycles. The molecule has 0 bridgehead atoms. The first kappa shape index (κ1) is 20.6. The molecule has 0 saturated carbocycles. The quantitative estimate of drug-likeness (QED) is 0.517. The predicted molar refractivity (Wildman–Crippen MR) is 101 cm³/mol. The minimum Gasteiger partial charge on any atom is -0.325 e. The average Bonchev–Trinajstić information content (AvgIpc) is 3.15. The molecule has 2 amide bonds. The van der Waals surface area contributed by atoms with Gasteiger partial charge in [0, 0.05) is 12.1 Å². The Kier molecular flexibility index (Phi) is 6.00. The molecule has 2 aromatic rings. The monoisotopic (exact) mass is 406 g/mol.